The van der Waals surface area contributed by atoms with Crippen LogP contribution >= 0.6 is 15.9 Å². The van der Waals surface area contributed by atoms with E-state index < -0.39 is 5.76 Å². The number of hydrogen-bond donors (Lipinski definition) is 0. The fourth-order valence-electron chi connectivity index (χ4n) is 1.89. The van der Waals surface area contributed by atoms with E-state index in [4.69, 9.17) is 13.9 Å². The summed E-state index contributed by atoms with van der Waals surface area (Å²) < 4.78 is 17.6. The zero-order chi connectivity index (χ0) is 17.2. The van der Waals surface area contributed by atoms with Crippen molar-refractivity contribution in [2.24, 2.45) is 0 Å². The minimum absolute atomic E-state index is 0.209. The van der Waals surface area contributed by atoms with Gasteiger partial charge in [0.2, 0.25) is 0 Å². The predicted molar refractivity (Wildman–Crippen MR) is 91.6 cm³/mol. The SMILES string of the molecule is CC.CCOC(=O)CCOCCn1c(=O)oc2ccc(Br)cc21. The third kappa shape index (κ3) is 5.84. The summed E-state index contributed by atoms with van der Waals surface area (Å²) in [4.78, 5) is 22.9. The normalized spacial score (nSPS) is 10.3. The summed E-state index contributed by atoms with van der Waals surface area (Å²) in [5.74, 6) is -0.704. The highest BCUT2D eigenvalue weighted by atomic mass is 79.9. The molecule has 6 nitrogen and oxygen atoms in total. The van der Waals surface area contributed by atoms with Gasteiger partial charge in [0.25, 0.3) is 0 Å². The van der Waals surface area contributed by atoms with E-state index in [1.165, 1.54) is 4.57 Å². The Morgan fingerprint density at radius 2 is 2.04 bits per heavy atom. The lowest BCUT2D eigenvalue weighted by Gasteiger charge is -2.05. The van der Waals surface area contributed by atoms with Crippen molar-refractivity contribution in [2.45, 2.75) is 33.7 Å². The van der Waals surface area contributed by atoms with Crippen molar-refractivity contribution in [3.8, 4) is 0 Å². The van der Waals surface area contributed by atoms with E-state index in [0.717, 1.165) is 4.47 Å². The summed E-state index contributed by atoms with van der Waals surface area (Å²) in [6, 6.07) is 5.36. The number of nitrogens with zero attached hydrogens (tertiary/aromatic N) is 1. The quantitative estimate of drug-likeness (QED) is 0.537. The van der Waals surface area contributed by atoms with Gasteiger partial charge in [-0.3, -0.25) is 9.36 Å². The smallest absolute Gasteiger partial charge is 0.420 e. The Hall–Kier alpha value is -1.60. The number of oxazole rings is 1. The topological polar surface area (TPSA) is 70.7 Å². The molecule has 0 bridgehead atoms. The third-order valence-electron chi connectivity index (χ3n) is 2.84. The Morgan fingerprint density at radius 1 is 1.30 bits per heavy atom. The average molecular weight is 388 g/mol. The molecule has 23 heavy (non-hydrogen) atoms. The van der Waals surface area contributed by atoms with Crippen LogP contribution in [0.15, 0.2) is 31.9 Å². The fourth-order valence-corrected chi connectivity index (χ4v) is 2.24. The van der Waals surface area contributed by atoms with Crippen LogP contribution in [0.1, 0.15) is 27.2 Å². The highest BCUT2D eigenvalue weighted by Gasteiger charge is 2.09. The molecule has 128 valence electrons. The molecule has 0 N–H and O–H groups in total. The number of rotatable bonds is 7. The van der Waals surface area contributed by atoms with E-state index in [1.54, 1.807) is 13.0 Å². The Morgan fingerprint density at radius 3 is 2.74 bits per heavy atom. The van der Waals surface area contributed by atoms with Crippen LogP contribution in [0.5, 0.6) is 0 Å². The van der Waals surface area contributed by atoms with E-state index in [1.807, 2.05) is 26.0 Å². The van der Waals surface area contributed by atoms with Crippen molar-refractivity contribution in [3.05, 3.63) is 33.2 Å². The Labute approximate surface area is 143 Å². The first-order valence-corrected chi connectivity index (χ1v) is 8.43. The van der Waals surface area contributed by atoms with Gasteiger partial charge in [0, 0.05) is 4.47 Å². The largest absolute Gasteiger partial charge is 0.466 e. The van der Waals surface area contributed by atoms with Crippen molar-refractivity contribution < 1.29 is 18.7 Å². The van der Waals surface area contributed by atoms with Crippen LogP contribution in [-0.4, -0.2) is 30.4 Å². The zero-order valence-electron chi connectivity index (χ0n) is 13.6. The molecule has 7 heteroatoms. The number of ether oxygens (including phenoxy) is 2. The second-order valence-electron chi connectivity index (χ2n) is 4.30. The van der Waals surface area contributed by atoms with Crippen LogP contribution in [0.2, 0.25) is 0 Å². The van der Waals surface area contributed by atoms with E-state index in [-0.39, 0.29) is 19.0 Å². The Bertz CT molecular complexity index is 677. The highest BCUT2D eigenvalue weighted by Crippen LogP contribution is 2.18. The highest BCUT2D eigenvalue weighted by molar-refractivity contribution is 9.10. The van der Waals surface area contributed by atoms with Crippen molar-refractivity contribution in [2.75, 3.05) is 19.8 Å². The number of aromatic nitrogens is 1. The summed E-state index contributed by atoms with van der Waals surface area (Å²) >= 11 is 3.36. The van der Waals surface area contributed by atoms with Crippen LogP contribution in [0, 0.1) is 0 Å². The van der Waals surface area contributed by atoms with Gasteiger partial charge >= 0.3 is 11.7 Å². The number of halogens is 1. The van der Waals surface area contributed by atoms with Crippen LogP contribution in [-0.2, 0) is 20.8 Å². The van der Waals surface area contributed by atoms with Crippen LogP contribution in [0.4, 0.5) is 0 Å². The second-order valence-corrected chi connectivity index (χ2v) is 5.21. The fraction of sp³-hybridized carbons (Fsp3) is 0.500. The lowest BCUT2D eigenvalue weighted by Crippen LogP contribution is -2.18. The number of esters is 1. The van der Waals surface area contributed by atoms with E-state index >= 15 is 0 Å². The molecule has 0 spiro atoms. The van der Waals surface area contributed by atoms with Crippen LogP contribution < -0.4 is 5.76 Å². The third-order valence-corrected chi connectivity index (χ3v) is 3.34. The van der Waals surface area contributed by atoms with Gasteiger partial charge in [-0.05, 0) is 25.1 Å². The molecule has 2 rings (SSSR count). The molecule has 2 aromatic rings. The van der Waals surface area contributed by atoms with Gasteiger partial charge in [-0.2, -0.15) is 0 Å². The van der Waals surface area contributed by atoms with Crippen molar-refractivity contribution in [1.29, 1.82) is 0 Å². The molecule has 0 radical (unpaired) electrons. The first-order valence-electron chi connectivity index (χ1n) is 7.64. The first-order chi connectivity index (χ1) is 11.1. The average Bonchev–Trinajstić information content (AvgIpc) is 2.84. The van der Waals surface area contributed by atoms with Crippen molar-refractivity contribution in [1.82, 2.24) is 4.57 Å². The summed E-state index contributed by atoms with van der Waals surface area (Å²) in [6.07, 6.45) is 0.209. The molecule has 0 unspecified atom stereocenters. The van der Waals surface area contributed by atoms with Crippen LogP contribution in [0.3, 0.4) is 0 Å². The molecule has 0 amide bonds. The molecule has 0 aliphatic heterocycles. The predicted octanol–water partition coefficient (Wildman–Crippen LogP) is 3.35. The van der Waals surface area contributed by atoms with Crippen molar-refractivity contribution >= 4 is 33.0 Å². The summed E-state index contributed by atoms with van der Waals surface area (Å²) in [7, 11) is 0. The number of hydrogen-bond acceptors (Lipinski definition) is 5. The van der Waals surface area contributed by atoms with Gasteiger partial charge in [-0.25, -0.2) is 4.79 Å². The molecule has 1 aromatic carbocycles. The molecule has 0 fully saturated rings. The van der Waals surface area contributed by atoms with E-state index in [2.05, 4.69) is 15.9 Å². The summed E-state index contributed by atoms with van der Waals surface area (Å²) in [5, 5.41) is 0. The van der Waals surface area contributed by atoms with Gasteiger partial charge in [-0.1, -0.05) is 29.8 Å². The maximum atomic E-state index is 11.8. The minimum atomic E-state index is -0.419. The Balaban J connectivity index is 0.00000127. The van der Waals surface area contributed by atoms with Gasteiger partial charge < -0.3 is 13.9 Å². The molecule has 0 atom stereocenters. The van der Waals surface area contributed by atoms with Gasteiger partial charge in [0.15, 0.2) is 5.58 Å². The number of carbonyl (C=O) groups excluding carboxylic acids is 1. The molecule has 1 aromatic heterocycles. The first kappa shape index (κ1) is 19.4. The summed E-state index contributed by atoms with van der Waals surface area (Å²) in [6.45, 7) is 7.08. The standard InChI is InChI=1S/C14H16BrNO5.C2H6/c1-2-20-13(17)5-7-19-8-6-16-11-9-10(15)3-4-12(11)21-14(16)18;1-2/h3-4,9H,2,5-8H2,1H3;1-2H3. The maximum Gasteiger partial charge on any atom is 0.420 e. The molecule has 0 saturated carbocycles. The van der Waals surface area contributed by atoms with Gasteiger partial charge in [0.1, 0.15) is 0 Å². The number of benzene rings is 1. The molecule has 0 aliphatic rings. The molecule has 0 aliphatic carbocycles. The lowest BCUT2D eigenvalue weighted by atomic mass is 10.3. The number of carbonyl (C=O) groups is 1. The van der Waals surface area contributed by atoms with Gasteiger partial charge in [-0.15, -0.1) is 0 Å². The molecule has 1 heterocycles. The number of fused-ring (bicyclic) bond motifs is 1. The second kappa shape index (κ2) is 10.2. The zero-order valence-corrected chi connectivity index (χ0v) is 15.2. The lowest BCUT2D eigenvalue weighted by molar-refractivity contribution is -0.144. The molecule has 0 saturated heterocycles. The minimum Gasteiger partial charge on any atom is -0.466 e. The van der Waals surface area contributed by atoms with E-state index in [0.29, 0.717) is 30.9 Å². The Kier molecular flexibility index (Phi) is 8.65. The van der Waals surface area contributed by atoms with Gasteiger partial charge in [0.05, 0.1) is 38.3 Å². The van der Waals surface area contributed by atoms with E-state index in [9.17, 15) is 9.59 Å². The van der Waals surface area contributed by atoms with Crippen molar-refractivity contribution in [3.63, 3.8) is 0 Å². The molecular weight excluding hydrogens is 366 g/mol. The van der Waals surface area contributed by atoms with Crippen LogP contribution in [0.25, 0.3) is 11.1 Å². The maximum absolute atomic E-state index is 11.8. The molecular formula is C16H22BrNO5. The summed E-state index contributed by atoms with van der Waals surface area (Å²) in [5.41, 5.74) is 1.25. The monoisotopic (exact) mass is 387 g/mol.